The van der Waals surface area contributed by atoms with Crippen molar-refractivity contribution in [3.05, 3.63) is 118 Å². The van der Waals surface area contributed by atoms with Crippen molar-refractivity contribution in [2.24, 2.45) is 0 Å². The van der Waals surface area contributed by atoms with Gasteiger partial charge in [0.1, 0.15) is 17.1 Å². The van der Waals surface area contributed by atoms with Gasteiger partial charge in [0.2, 0.25) is 0 Å². The molecule has 3 aromatic carbocycles. The SMILES string of the molecule is Cc1ccc(C(=O)Nc2ccc(Oc3cc4cnn5c4c(c3-c3cn[nH]c3)CC5)c(F)c2)c(=O)n1-c1ccc(F)cc1. The second kappa shape index (κ2) is 9.81. The van der Waals surface area contributed by atoms with E-state index in [2.05, 4.69) is 20.6 Å². The normalized spacial score (nSPS) is 12.2. The predicted molar refractivity (Wildman–Crippen MR) is 152 cm³/mol. The van der Waals surface area contributed by atoms with E-state index in [0.717, 1.165) is 46.6 Å². The minimum Gasteiger partial charge on any atom is -0.454 e. The van der Waals surface area contributed by atoms with Gasteiger partial charge in [0.05, 0.1) is 17.9 Å². The van der Waals surface area contributed by atoms with Crippen LogP contribution < -0.4 is 15.6 Å². The lowest BCUT2D eigenvalue weighted by molar-refractivity contribution is 0.102. The molecule has 0 fully saturated rings. The van der Waals surface area contributed by atoms with E-state index < -0.39 is 23.1 Å². The molecule has 0 bridgehead atoms. The van der Waals surface area contributed by atoms with E-state index in [1.54, 1.807) is 31.6 Å². The molecule has 208 valence electrons. The molecule has 9 nitrogen and oxygen atoms in total. The average molecular weight is 565 g/mol. The second-order valence-corrected chi connectivity index (χ2v) is 9.98. The van der Waals surface area contributed by atoms with Crippen molar-refractivity contribution < 1.29 is 18.3 Å². The van der Waals surface area contributed by atoms with Gasteiger partial charge in [-0.25, -0.2) is 8.78 Å². The molecule has 6 aromatic rings. The van der Waals surface area contributed by atoms with Crippen LogP contribution in [-0.4, -0.2) is 30.5 Å². The average Bonchev–Trinajstić information content (AvgIpc) is 3.73. The van der Waals surface area contributed by atoms with Gasteiger partial charge in [-0.2, -0.15) is 10.2 Å². The number of hydrogen-bond donors (Lipinski definition) is 2. The summed E-state index contributed by atoms with van der Waals surface area (Å²) in [5.74, 6) is -1.44. The second-order valence-electron chi connectivity index (χ2n) is 9.98. The molecule has 0 unspecified atom stereocenters. The third-order valence-corrected chi connectivity index (χ3v) is 7.37. The molecule has 1 aliphatic heterocycles. The molecule has 2 N–H and O–H groups in total. The van der Waals surface area contributed by atoms with Crippen LogP contribution in [0.3, 0.4) is 0 Å². The van der Waals surface area contributed by atoms with Gasteiger partial charge in [-0.05, 0) is 73.5 Å². The van der Waals surface area contributed by atoms with Crippen molar-refractivity contribution in [2.75, 3.05) is 5.32 Å². The molecule has 7 rings (SSSR count). The molecular formula is C31H22F2N6O3. The Balaban J connectivity index is 1.18. The number of nitrogens with one attached hydrogen (secondary N) is 2. The van der Waals surface area contributed by atoms with Crippen molar-refractivity contribution in [1.82, 2.24) is 24.5 Å². The quantitative estimate of drug-likeness (QED) is 0.267. The number of pyridine rings is 1. The highest BCUT2D eigenvalue weighted by atomic mass is 19.1. The summed E-state index contributed by atoms with van der Waals surface area (Å²) in [4.78, 5) is 26.3. The highest BCUT2D eigenvalue weighted by molar-refractivity contribution is 6.04. The van der Waals surface area contributed by atoms with Gasteiger partial charge in [-0.3, -0.25) is 23.9 Å². The number of aromatic nitrogens is 5. The maximum Gasteiger partial charge on any atom is 0.268 e. The number of benzene rings is 3. The van der Waals surface area contributed by atoms with Crippen molar-refractivity contribution in [3.63, 3.8) is 0 Å². The van der Waals surface area contributed by atoms with Crippen LogP contribution in [0.2, 0.25) is 0 Å². The van der Waals surface area contributed by atoms with E-state index in [0.29, 0.717) is 17.1 Å². The zero-order chi connectivity index (χ0) is 29.0. The Kier molecular flexibility index (Phi) is 5.93. The first-order valence-corrected chi connectivity index (χ1v) is 13.2. The number of aromatic amines is 1. The molecular weight excluding hydrogens is 542 g/mol. The summed E-state index contributed by atoms with van der Waals surface area (Å²) in [5.41, 5.74) is 4.08. The van der Waals surface area contributed by atoms with Crippen LogP contribution in [0, 0.1) is 18.6 Å². The lowest BCUT2D eigenvalue weighted by Gasteiger charge is -2.15. The van der Waals surface area contributed by atoms with Crippen molar-refractivity contribution in [1.29, 1.82) is 0 Å². The third-order valence-electron chi connectivity index (χ3n) is 7.37. The number of anilines is 1. The molecule has 3 aromatic heterocycles. The van der Waals surface area contributed by atoms with Crippen molar-refractivity contribution >= 4 is 22.5 Å². The smallest absolute Gasteiger partial charge is 0.268 e. The summed E-state index contributed by atoms with van der Waals surface area (Å²) < 4.78 is 38.1. The van der Waals surface area contributed by atoms with Crippen molar-refractivity contribution in [3.8, 4) is 28.3 Å². The van der Waals surface area contributed by atoms with Crippen LogP contribution in [0.15, 0.2) is 84.0 Å². The Morgan fingerprint density at radius 1 is 1.02 bits per heavy atom. The molecule has 0 saturated heterocycles. The zero-order valence-electron chi connectivity index (χ0n) is 22.2. The molecule has 0 radical (unpaired) electrons. The van der Waals surface area contributed by atoms with Gasteiger partial charge < -0.3 is 10.1 Å². The highest BCUT2D eigenvalue weighted by Gasteiger charge is 2.25. The standard InChI is InChI=1S/C31H22F2N6O3/c1-17-2-8-24(31(41)39(17)22-6-3-20(32)4-7-22)30(40)37-21-5-9-26(25(33)13-21)42-27-12-18-16-36-38-11-10-23(29(18)38)28(27)19-14-34-35-15-19/h2-9,12-16H,10-11H2,1H3,(H,34,35)(H,37,40). The molecule has 1 amide bonds. The molecule has 0 aliphatic carbocycles. The summed E-state index contributed by atoms with van der Waals surface area (Å²) in [6.07, 6.45) is 5.96. The Morgan fingerprint density at radius 2 is 1.86 bits per heavy atom. The summed E-state index contributed by atoms with van der Waals surface area (Å²) in [6, 6.07) is 14.3. The Bertz CT molecular complexity index is 2060. The number of amides is 1. The number of rotatable bonds is 6. The number of aryl methyl sites for hydroxylation is 3. The van der Waals surface area contributed by atoms with Gasteiger partial charge in [-0.15, -0.1) is 0 Å². The van der Waals surface area contributed by atoms with Gasteiger partial charge in [-0.1, -0.05) is 0 Å². The maximum atomic E-state index is 15.4. The fourth-order valence-electron chi connectivity index (χ4n) is 5.42. The molecule has 0 saturated carbocycles. The first-order chi connectivity index (χ1) is 20.4. The maximum absolute atomic E-state index is 15.4. The summed E-state index contributed by atoms with van der Waals surface area (Å²) in [7, 11) is 0. The fraction of sp³-hybridized carbons (Fsp3) is 0.0968. The first-order valence-electron chi connectivity index (χ1n) is 13.2. The fourth-order valence-corrected chi connectivity index (χ4v) is 5.42. The first kappa shape index (κ1) is 25.4. The number of carbonyl (C=O) groups excluding carboxylic acids is 1. The lowest BCUT2D eigenvalue weighted by Crippen LogP contribution is -2.29. The highest BCUT2D eigenvalue weighted by Crippen LogP contribution is 2.43. The topological polar surface area (TPSA) is 107 Å². The van der Waals surface area contributed by atoms with E-state index in [1.165, 1.54) is 47.0 Å². The van der Waals surface area contributed by atoms with Gasteiger partial charge in [0.15, 0.2) is 11.6 Å². The summed E-state index contributed by atoms with van der Waals surface area (Å²) >= 11 is 0. The number of H-pyrrole nitrogens is 1. The predicted octanol–water partition coefficient (Wildman–Crippen LogP) is 5.76. The van der Waals surface area contributed by atoms with E-state index in [9.17, 15) is 14.0 Å². The summed E-state index contributed by atoms with van der Waals surface area (Å²) in [6.45, 7) is 2.45. The number of halogens is 2. The van der Waals surface area contributed by atoms with Crippen LogP contribution in [0.4, 0.5) is 14.5 Å². The van der Waals surface area contributed by atoms with Crippen LogP contribution in [0.5, 0.6) is 11.5 Å². The van der Waals surface area contributed by atoms with Crippen LogP contribution >= 0.6 is 0 Å². The van der Waals surface area contributed by atoms with E-state index >= 15 is 4.39 Å². The van der Waals surface area contributed by atoms with Gasteiger partial charge in [0.25, 0.3) is 11.5 Å². The molecule has 1 aliphatic rings. The summed E-state index contributed by atoms with van der Waals surface area (Å²) in [5, 5.41) is 14.8. The molecule has 42 heavy (non-hydrogen) atoms. The minimum atomic E-state index is -0.711. The van der Waals surface area contributed by atoms with Gasteiger partial charge in [0, 0.05) is 52.4 Å². The molecule has 4 heterocycles. The lowest BCUT2D eigenvalue weighted by atomic mass is 9.98. The molecule has 0 spiro atoms. The van der Waals surface area contributed by atoms with Crippen LogP contribution in [-0.2, 0) is 13.0 Å². The van der Waals surface area contributed by atoms with Crippen LogP contribution in [0.1, 0.15) is 21.6 Å². The van der Waals surface area contributed by atoms with Crippen molar-refractivity contribution in [2.45, 2.75) is 19.9 Å². The number of hydrogen-bond acceptors (Lipinski definition) is 5. The monoisotopic (exact) mass is 564 g/mol. The number of ether oxygens (including phenoxy) is 1. The van der Waals surface area contributed by atoms with Gasteiger partial charge >= 0.3 is 0 Å². The minimum absolute atomic E-state index is 0.0383. The third kappa shape index (κ3) is 4.22. The molecule has 0 atom stereocenters. The zero-order valence-corrected chi connectivity index (χ0v) is 22.2. The number of carbonyl (C=O) groups is 1. The molecule has 11 heteroatoms. The largest absolute Gasteiger partial charge is 0.454 e. The van der Waals surface area contributed by atoms with E-state index in [4.69, 9.17) is 4.74 Å². The Morgan fingerprint density at radius 3 is 2.62 bits per heavy atom. The van der Waals surface area contributed by atoms with E-state index in [-0.39, 0.29) is 17.0 Å². The van der Waals surface area contributed by atoms with Crippen LogP contribution in [0.25, 0.3) is 27.7 Å². The Labute approximate surface area is 237 Å². The Hall–Kier alpha value is -5.58. The van der Waals surface area contributed by atoms with E-state index in [1.807, 2.05) is 10.7 Å². The number of nitrogens with zero attached hydrogens (tertiary/aromatic N) is 4.